The predicted molar refractivity (Wildman–Crippen MR) is 82.8 cm³/mol. The minimum Gasteiger partial charge on any atom is -0.399 e. The van der Waals surface area contributed by atoms with Crippen molar-refractivity contribution >= 4 is 33.4 Å². The van der Waals surface area contributed by atoms with Gasteiger partial charge in [0.25, 0.3) is 0 Å². The highest BCUT2D eigenvalue weighted by molar-refractivity contribution is 9.10. The average Bonchev–Trinajstić information content (AvgIpc) is 2.39. The summed E-state index contributed by atoms with van der Waals surface area (Å²) in [6.07, 6.45) is 0. The molecule has 0 aliphatic rings. The van der Waals surface area contributed by atoms with Gasteiger partial charge in [0.05, 0.1) is 33.0 Å². The van der Waals surface area contributed by atoms with Crippen LogP contribution in [0, 0.1) is 0 Å². The number of halogens is 1. The first-order valence-electron chi connectivity index (χ1n) is 6.06. The summed E-state index contributed by atoms with van der Waals surface area (Å²) in [5.74, 6) is 0.903. The summed E-state index contributed by atoms with van der Waals surface area (Å²) in [7, 11) is 1.66. The maximum atomic E-state index is 5.69. The van der Waals surface area contributed by atoms with Crippen molar-refractivity contribution in [2.45, 2.75) is 4.90 Å². The molecule has 0 saturated heterocycles. The van der Waals surface area contributed by atoms with Gasteiger partial charge in [-0.05, 0) is 34.1 Å². The van der Waals surface area contributed by atoms with Crippen LogP contribution in [0.15, 0.2) is 27.6 Å². The molecule has 0 atom stereocenters. The summed E-state index contributed by atoms with van der Waals surface area (Å²) in [5.41, 5.74) is 6.45. The van der Waals surface area contributed by atoms with Gasteiger partial charge in [0, 0.05) is 27.9 Å². The number of thioether (sulfide) groups is 1. The molecule has 108 valence electrons. The van der Waals surface area contributed by atoms with Crippen molar-refractivity contribution in [1.82, 2.24) is 0 Å². The van der Waals surface area contributed by atoms with E-state index in [1.165, 1.54) is 4.90 Å². The fourth-order valence-corrected chi connectivity index (χ4v) is 2.83. The molecule has 2 N–H and O–H groups in total. The fraction of sp³-hybridized carbons (Fsp3) is 0.538. The quantitative estimate of drug-likeness (QED) is 0.400. The highest BCUT2D eigenvalue weighted by Crippen LogP contribution is 2.28. The number of hydrogen-bond donors (Lipinski definition) is 1. The van der Waals surface area contributed by atoms with Gasteiger partial charge in [0.1, 0.15) is 0 Å². The summed E-state index contributed by atoms with van der Waals surface area (Å²) < 4.78 is 16.7. The molecule has 0 spiro atoms. The highest BCUT2D eigenvalue weighted by Gasteiger charge is 2.00. The van der Waals surface area contributed by atoms with Gasteiger partial charge in [-0.1, -0.05) is 0 Å². The van der Waals surface area contributed by atoms with Gasteiger partial charge in [0.2, 0.25) is 0 Å². The normalized spacial score (nSPS) is 10.8. The molecule has 0 radical (unpaired) electrons. The van der Waals surface area contributed by atoms with Crippen molar-refractivity contribution < 1.29 is 14.2 Å². The molecule has 4 nitrogen and oxygen atoms in total. The van der Waals surface area contributed by atoms with E-state index in [-0.39, 0.29) is 0 Å². The van der Waals surface area contributed by atoms with Crippen molar-refractivity contribution in [3.63, 3.8) is 0 Å². The van der Waals surface area contributed by atoms with Crippen LogP contribution in [0.3, 0.4) is 0 Å². The average molecular weight is 350 g/mol. The smallest absolute Gasteiger partial charge is 0.0701 e. The van der Waals surface area contributed by atoms with Crippen LogP contribution in [-0.4, -0.2) is 45.9 Å². The molecule has 6 heteroatoms. The van der Waals surface area contributed by atoms with Gasteiger partial charge in [-0.3, -0.25) is 0 Å². The molecule has 0 heterocycles. The molecule has 0 aliphatic carbocycles. The Kier molecular flexibility index (Phi) is 9.28. The minimum atomic E-state index is 0.611. The van der Waals surface area contributed by atoms with Crippen molar-refractivity contribution in [3.8, 4) is 0 Å². The van der Waals surface area contributed by atoms with E-state index in [1.54, 1.807) is 18.9 Å². The van der Waals surface area contributed by atoms with Gasteiger partial charge >= 0.3 is 0 Å². The first-order valence-corrected chi connectivity index (χ1v) is 7.84. The fourth-order valence-electron chi connectivity index (χ4n) is 1.31. The number of anilines is 1. The molecular formula is C13H20BrNO3S. The molecule has 0 unspecified atom stereocenters. The second-order valence-electron chi connectivity index (χ2n) is 3.76. The van der Waals surface area contributed by atoms with E-state index < -0.39 is 0 Å². The Labute approximate surface area is 127 Å². The van der Waals surface area contributed by atoms with E-state index in [0.717, 1.165) is 15.9 Å². The largest absolute Gasteiger partial charge is 0.399 e. The predicted octanol–water partition coefficient (Wildman–Crippen LogP) is 2.80. The van der Waals surface area contributed by atoms with Crippen molar-refractivity contribution in [1.29, 1.82) is 0 Å². The van der Waals surface area contributed by atoms with Crippen LogP contribution in [0.2, 0.25) is 0 Å². The second-order valence-corrected chi connectivity index (χ2v) is 5.75. The Balaban J connectivity index is 2.01. The number of hydrogen-bond acceptors (Lipinski definition) is 5. The van der Waals surface area contributed by atoms with Crippen molar-refractivity contribution in [2.75, 3.05) is 51.6 Å². The molecular weight excluding hydrogens is 330 g/mol. The maximum Gasteiger partial charge on any atom is 0.0701 e. The van der Waals surface area contributed by atoms with E-state index in [0.29, 0.717) is 33.0 Å². The van der Waals surface area contributed by atoms with E-state index in [9.17, 15) is 0 Å². The molecule has 0 amide bonds. The number of ether oxygens (including phenoxy) is 3. The second kappa shape index (κ2) is 10.5. The minimum absolute atomic E-state index is 0.611. The Bertz CT molecular complexity index is 366. The van der Waals surface area contributed by atoms with E-state index in [4.69, 9.17) is 19.9 Å². The summed E-state index contributed by atoms with van der Waals surface area (Å²) in [4.78, 5) is 1.18. The van der Waals surface area contributed by atoms with E-state index in [1.807, 2.05) is 18.2 Å². The molecule has 1 aromatic carbocycles. The monoisotopic (exact) mass is 349 g/mol. The van der Waals surface area contributed by atoms with E-state index in [2.05, 4.69) is 15.9 Å². The van der Waals surface area contributed by atoms with Crippen LogP contribution in [-0.2, 0) is 14.2 Å². The van der Waals surface area contributed by atoms with Crippen molar-refractivity contribution in [2.24, 2.45) is 0 Å². The molecule has 0 saturated carbocycles. The lowest BCUT2D eigenvalue weighted by molar-refractivity contribution is 0.0286. The van der Waals surface area contributed by atoms with Crippen LogP contribution in [0.5, 0.6) is 0 Å². The third-order valence-corrected chi connectivity index (χ3v) is 4.20. The van der Waals surface area contributed by atoms with Gasteiger partial charge in [-0.2, -0.15) is 0 Å². The van der Waals surface area contributed by atoms with Gasteiger partial charge in [0.15, 0.2) is 0 Å². The third kappa shape index (κ3) is 7.79. The highest BCUT2D eigenvalue weighted by atomic mass is 79.9. The Hall–Kier alpha value is -0.270. The van der Waals surface area contributed by atoms with Gasteiger partial charge < -0.3 is 19.9 Å². The SMILES string of the molecule is COCCOCCOCCSc1ccc(N)cc1Br. The molecule has 0 aromatic heterocycles. The van der Waals surface area contributed by atoms with Crippen LogP contribution in [0.25, 0.3) is 0 Å². The lowest BCUT2D eigenvalue weighted by atomic mass is 10.3. The Morgan fingerprint density at radius 2 is 1.79 bits per heavy atom. The zero-order valence-corrected chi connectivity index (χ0v) is 13.5. The molecule has 0 fully saturated rings. The first-order chi connectivity index (χ1) is 9.24. The van der Waals surface area contributed by atoms with E-state index >= 15 is 0 Å². The summed E-state index contributed by atoms with van der Waals surface area (Å²) in [5, 5.41) is 0. The topological polar surface area (TPSA) is 53.7 Å². The van der Waals surface area contributed by atoms with Crippen molar-refractivity contribution in [3.05, 3.63) is 22.7 Å². The van der Waals surface area contributed by atoms with Gasteiger partial charge in [-0.15, -0.1) is 11.8 Å². The Morgan fingerprint density at radius 1 is 1.11 bits per heavy atom. The van der Waals surface area contributed by atoms with Gasteiger partial charge in [-0.25, -0.2) is 0 Å². The maximum absolute atomic E-state index is 5.69. The number of benzene rings is 1. The van der Waals surface area contributed by atoms with Crippen LogP contribution >= 0.6 is 27.7 Å². The standard InChI is InChI=1S/C13H20BrNO3S/c1-16-4-5-17-6-7-18-8-9-19-13-3-2-11(15)10-12(13)14/h2-3,10H,4-9,15H2,1H3. The molecule has 1 aromatic rings. The van der Waals surface area contributed by atoms with Crippen LogP contribution < -0.4 is 5.73 Å². The Morgan fingerprint density at radius 3 is 2.47 bits per heavy atom. The van der Waals surface area contributed by atoms with Crippen LogP contribution in [0.1, 0.15) is 0 Å². The molecule has 19 heavy (non-hydrogen) atoms. The zero-order chi connectivity index (χ0) is 13.9. The molecule has 0 aliphatic heterocycles. The summed E-state index contributed by atoms with van der Waals surface area (Å²) in [6.45, 7) is 3.18. The lowest BCUT2D eigenvalue weighted by Crippen LogP contribution is -2.09. The number of rotatable bonds is 10. The first kappa shape index (κ1) is 16.8. The number of methoxy groups -OCH3 is 1. The summed E-state index contributed by atoms with van der Waals surface area (Å²) >= 11 is 5.23. The lowest BCUT2D eigenvalue weighted by Gasteiger charge is -2.07. The molecule has 0 bridgehead atoms. The third-order valence-electron chi connectivity index (χ3n) is 2.24. The molecule has 1 rings (SSSR count). The zero-order valence-electron chi connectivity index (χ0n) is 11.1. The van der Waals surface area contributed by atoms with Crippen LogP contribution in [0.4, 0.5) is 5.69 Å². The summed E-state index contributed by atoms with van der Waals surface area (Å²) in [6, 6.07) is 5.82. The number of nitrogens with two attached hydrogens (primary N) is 1. The number of nitrogen functional groups attached to an aromatic ring is 1.